The van der Waals surface area contributed by atoms with Crippen LogP contribution in [-0.2, 0) is 0 Å². The van der Waals surface area contributed by atoms with Gasteiger partial charge in [0.05, 0.1) is 0 Å². The first-order valence-corrected chi connectivity index (χ1v) is 5.40. The normalized spacial score (nSPS) is 31.2. The Morgan fingerprint density at radius 2 is 2.31 bits per heavy atom. The van der Waals surface area contributed by atoms with Gasteiger partial charge in [0.2, 0.25) is 0 Å². The van der Waals surface area contributed by atoms with Crippen molar-refractivity contribution in [1.82, 2.24) is 0 Å². The zero-order valence-electron chi connectivity index (χ0n) is 8.59. The molecule has 0 heterocycles. The maximum Gasteiger partial charge on any atom is -0.0123 e. The van der Waals surface area contributed by atoms with Crippen LogP contribution in [0, 0.1) is 11.8 Å². The van der Waals surface area contributed by atoms with Gasteiger partial charge in [-0.15, -0.1) is 0 Å². The first kappa shape index (κ1) is 8.80. The highest BCUT2D eigenvalue weighted by molar-refractivity contribution is 5.49. The molecule has 0 fully saturated rings. The number of allylic oxidation sites excluding steroid dienone is 6. The van der Waals surface area contributed by atoms with Gasteiger partial charge in [-0.1, -0.05) is 44.6 Å². The molecule has 2 atom stereocenters. The summed E-state index contributed by atoms with van der Waals surface area (Å²) in [6.45, 7) is 4.54. The third-order valence-electron chi connectivity index (χ3n) is 3.11. The summed E-state index contributed by atoms with van der Waals surface area (Å²) in [6.07, 6.45) is 13.3. The second kappa shape index (κ2) is 3.53. The van der Waals surface area contributed by atoms with E-state index in [1.54, 1.807) is 5.57 Å². The van der Waals surface area contributed by atoms with E-state index in [1.165, 1.54) is 24.8 Å². The van der Waals surface area contributed by atoms with Gasteiger partial charge in [-0.2, -0.15) is 0 Å². The molecule has 0 aromatic rings. The molecule has 0 aromatic carbocycles. The van der Waals surface area contributed by atoms with Crippen LogP contribution in [0.15, 0.2) is 35.5 Å². The minimum Gasteiger partial charge on any atom is -0.0840 e. The largest absolute Gasteiger partial charge is 0.0840 e. The lowest BCUT2D eigenvalue weighted by Gasteiger charge is -2.08. The van der Waals surface area contributed by atoms with Crippen molar-refractivity contribution in [2.45, 2.75) is 33.1 Å². The lowest BCUT2D eigenvalue weighted by Crippen LogP contribution is -1.98. The molecule has 70 valence electrons. The highest BCUT2D eigenvalue weighted by Crippen LogP contribution is 2.42. The van der Waals surface area contributed by atoms with Crippen LogP contribution in [0.5, 0.6) is 0 Å². The predicted molar refractivity (Wildman–Crippen MR) is 57.5 cm³/mol. The predicted octanol–water partition coefficient (Wildman–Crippen LogP) is 3.87. The highest BCUT2D eigenvalue weighted by Gasteiger charge is 2.29. The molecule has 0 amide bonds. The zero-order chi connectivity index (χ0) is 9.26. The van der Waals surface area contributed by atoms with E-state index in [2.05, 4.69) is 38.2 Å². The molecule has 2 unspecified atom stereocenters. The third-order valence-corrected chi connectivity index (χ3v) is 3.11. The standard InChI is InChI=1S/C13H18/c1-3-4-5-6-11-8-12-9-13(11)7-10(12)2/h5-8,10,12H,3-4,9H2,1-2H3/b6-5+. The van der Waals surface area contributed by atoms with Crippen molar-refractivity contribution in [3.63, 3.8) is 0 Å². The molecule has 0 nitrogen and oxygen atoms in total. The van der Waals surface area contributed by atoms with Crippen LogP contribution in [0.25, 0.3) is 0 Å². The van der Waals surface area contributed by atoms with E-state index in [1.807, 2.05) is 0 Å². The van der Waals surface area contributed by atoms with Gasteiger partial charge >= 0.3 is 0 Å². The molecule has 0 N–H and O–H groups in total. The fraction of sp³-hybridized carbons (Fsp3) is 0.538. The Labute approximate surface area is 81.0 Å². The van der Waals surface area contributed by atoms with Crippen molar-refractivity contribution in [2.24, 2.45) is 11.8 Å². The van der Waals surface area contributed by atoms with Crippen LogP contribution in [-0.4, -0.2) is 0 Å². The fourth-order valence-electron chi connectivity index (χ4n) is 2.25. The van der Waals surface area contributed by atoms with Crippen LogP contribution >= 0.6 is 0 Å². The van der Waals surface area contributed by atoms with Crippen LogP contribution in [0.4, 0.5) is 0 Å². The number of hydrogen-bond donors (Lipinski definition) is 0. The monoisotopic (exact) mass is 174 g/mol. The van der Waals surface area contributed by atoms with E-state index in [0.29, 0.717) is 0 Å². The summed E-state index contributed by atoms with van der Waals surface area (Å²) in [6, 6.07) is 0. The van der Waals surface area contributed by atoms with Gasteiger partial charge in [0.1, 0.15) is 0 Å². The minimum absolute atomic E-state index is 0.790. The summed E-state index contributed by atoms with van der Waals surface area (Å²) in [7, 11) is 0. The Balaban J connectivity index is 2.01. The van der Waals surface area contributed by atoms with Crippen molar-refractivity contribution < 1.29 is 0 Å². The first-order chi connectivity index (χ1) is 6.31. The van der Waals surface area contributed by atoms with Gasteiger partial charge in [0, 0.05) is 0 Å². The summed E-state index contributed by atoms with van der Waals surface area (Å²) < 4.78 is 0. The maximum absolute atomic E-state index is 2.45. The molecule has 2 aliphatic rings. The van der Waals surface area contributed by atoms with E-state index < -0.39 is 0 Å². The van der Waals surface area contributed by atoms with Crippen molar-refractivity contribution >= 4 is 0 Å². The summed E-state index contributed by atoms with van der Waals surface area (Å²) in [5.74, 6) is 1.61. The van der Waals surface area contributed by atoms with Gasteiger partial charge in [-0.05, 0) is 35.8 Å². The number of fused-ring (bicyclic) bond motifs is 2. The summed E-state index contributed by atoms with van der Waals surface area (Å²) in [4.78, 5) is 0. The van der Waals surface area contributed by atoms with E-state index in [9.17, 15) is 0 Å². The number of hydrogen-bond acceptors (Lipinski definition) is 0. The quantitative estimate of drug-likeness (QED) is 0.609. The Morgan fingerprint density at radius 1 is 1.46 bits per heavy atom. The SMILES string of the molecule is CCC/C=C/C1=CC2CC1=CC2C. The van der Waals surface area contributed by atoms with Gasteiger partial charge in [0.15, 0.2) is 0 Å². The average molecular weight is 174 g/mol. The topological polar surface area (TPSA) is 0 Å². The Kier molecular flexibility index (Phi) is 2.39. The van der Waals surface area contributed by atoms with Crippen LogP contribution in [0.2, 0.25) is 0 Å². The van der Waals surface area contributed by atoms with Crippen molar-refractivity contribution in [2.75, 3.05) is 0 Å². The molecule has 0 aliphatic heterocycles. The van der Waals surface area contributed by atoms with E-state index in [-0.39, 0.29) is 0 Å². The molecule has 0 heteroatoms. The molecular weight excluding hydrogens is 156 g/mol. The molecule has 0 saturated carbocycles. The van der Waals surface area contributed by atoms with Crippen molar-refractivity contribution in [3.05, 3.63) is 35.5 Å². The average Bonchev–Trinajstić information content (AvgIpc) is 2.63. The zero-order valence-corrected chi connectivity index (χ0v) is 8.59. The molecule has 0 saturated heterocycles. The van der Waals surface area contributed by atoms with Crippen LogP contribution in [0.3, 0.4) is 0 Å². The molecule has 0 radical (unpaired) electrons. The summed E-state index contributed by atoms with van der Waals surface area (Å²) in [5, 5.41) is 0. The first-order valence-electron chi connectivity index (χ1n) is 5.40. The van der Waals surface area contributed by atoms with Gasteiger partial charge in [-0.3, -0.25) is 0 Å². The minimum atomic E-state index is 0.790. The molecule has 2 rings (SSSR count). The van der Waals surface area contributed by atoms with Crippen LogP contribution < -0.4 is 0 Å². The second-order valence-electron chi connectivity index (χ2n) is 4.23. The lowest BCUT2D eigenvalue weighted by atomic mass is 9.96. The second-order valence-corrected chi connectivity index (χ2v) is 4.23. The Bertz CT molecular complexity index is 278. The van der Waals surface area contributed by atoms with E-state index >= 15 is 0 Å². The van der Waals surface area contributed by atoms with Crippen molar-refractivity contribution in [3.8, 4) is 0 Å². The van der Waals surface area contributed by atoms with E-state index in [0.717, 1.165) is 11.8 Å². The van der Waals surface area contributed by atoms with Gasteiger partial charge in [-0.25, -0.2) is 0 Å². The fourth-order valence-corrected chi connectivity index (χ4v) is 2.25. The third kappa shape index (κ3) is 1.63. The van der Waals surface area contributed by atoms with Gasteiger partial charge in [0.25, 0.3) is 0 Å². The van der Waals surface area contributed by atoms with Gasteiger partial charge < -0.3 is 0 Å². The van der Waals surface area contributed by atoms with Crippen molar-refractivity contribution in [1.29, 1.82) is 0 Å². The van der Waals surface area contributed by atoms with E-state index in [4.69, 9.17) is 0 Å². The molecule has 2 bridgehead atoms. The smallest absolute Gasteiger partial charge is 0.0123 e. The lowest BCUT2D eigenvalue weighted by molar-refractivity contribution is 0.560. The number of unbranched alkanes of at least 4 members (excludes halogenated alkanes) is 1. The number of rotatable bonds is 3. The molecular formula is C13H18. The Hall–Kier alpha value is -0.780. The highest BCUT2D eigenvalue weighted by atomic mass is 14.3. The summed E-state index contributed by atoms with van der Waals surface area (Å²) >= 11 is 0. The molecule has 0 spiro atoms. The molecule has 0 aromatic heterocycles. The summed E-state index contributed by atoms with van der Waals surface area (Å²) in [5.41, 5.74) is 3.08. The van der Waals surface area contributed by atoms with Crippen LogP contribution in [0.1, 0.15) is 33.1 Å². The maximum atomic E-state index is 2.45. The molecule has 13 heavy (non-hydrogen) atoms. The Morgan fingerprint density at radius 3 is 2.85 bits per heavy atom. The molecule has 2 aliphatic carbocycles.